The van der Waals surface area contributed by atoms with E-state index in [1.807, 2.05) is 38.1 Å². The number of carbonyl (C=O) groups excluding carboxylic acids is 1. The van der Waals surface area contributed by atoms with Crippen LogP contribution in [0.25, 0.3) is 0 Å². The fraction of sp³-hybridized carbons (Fsp3) is 0.348. The van der Waals surface area contributed by atoms with Crippen LogP contribution in [0.4, 0.5) is 0 Å². The molecule has 1 aliphatic heterocycles. The van der Waals surface area contributed by atoms with Gasteiger partial charge >= 0.3 is 0 Å². The van der Waals surface area contributed by atoms with Gasteiger partial charge in [-0.3, -0.25) is 9.69 Å². The number of furan rings is 1. The first-order chi connectivity index (χ1) is 14.1. The van der Waals surface area contributed by atoms with E-state index in [-0.39, 0.29) is 18.0 Å². The van der Waals surface area contributed by atoms with Crippen LogP contribution in [0.3, 0.4) is 0 Å². The molecule has 0 fully saturated rings. The van der Waals surface area contributed by atoms with Gasteiger partial charge in [-0.25, -0.2) is 0 Å². The van der Waals surface area contributed by atoms with Gasteiger partial charge < -0.3 is 19.0 Å². The van der Waals surface area contributed by atoms with Crippen molar-refractivity contribution < 1.29 is 13.9 Å². The van der Waals surface area contributed by atoms with Gasteiger partial charge in [-0.15, -0.1) is 0 Å². The molecule has 4 rings (SSSR count). The van der Waals surface area contributed by atoms with Gasteiger partial charge in [-0.2, -0.15) is 0 Å². The van der Waals surface area contributed by atoms with Crippen molar-refractivity contribution in [3.05, 3.63) is 77.5 Å². The van der Waals surface area contributed by atoms with E-state index in [0.29, 0.717) is 12.3 Å². The van der Waals surface area contributed by atoms with Gasteiger partial charge in [0.15, 0.2) is 5.76 Å². The van der Waals surface area contributed by atoms with Crippen molar-refractivity contribution in [3.8, 4) is 5.75 Å². The van der Waals surface area contributed by atoms with E-state index in [1.165, 1.54) is 5.69 Å². The van der Waals surface area contributed by atoms with E-state index >= 15 is 0 Å². The number of hydrogen-bond acceptors (Lipinski definition) is 4. The minimum Gasteiger partial charge on any atom is -0.496 e. The predicted octanol–water partition coefficient (Wildman–Crippen LogP) is 3.83. The SMILES string of the molecule is COc1ccccc1C1c2cccn2CCN1Cc1ccc(C(=O)NC(C)C)o1. The summed E-state index contributed by atoms with van der Waals surface area (Å²) >= 11 is 0. The number of amides is 1. The highest BCUT2D eigenvalue weighted by Gasteiger charge is 2.31. The number of aromatic nitrogens is 1. The quantitative estimate of drug-likeness (QED) is 0.691. The average molecular weight is 393 g/mol. The molecule has 1 N–H and O–H groups in total. The maximum atomic E-state index is 12.2. The zero-order valence-electron chi connectivity index (χ0n) is 17.1. The monoisotopic (exact) mass is 393 g/mol. The molecule has 6 nitrogen and oxygen atoms in total. The molecular formula is C23H27N3O3. The summed E-state index contributed by atoms with van der Waals surface area (Å²) in [5.41, 5.74) is 2.35. The maximum Gasteiger partial charge on any atom is 0.287 e. The predicted molar refractivity (Wildman–Crippen MR) is 111 cm³/mol. The first-order valence-corrected chi connectivity index (χ1v) is 9.98. The number of ether oxygens (including phenoxy) is 1. The number of para-hydroxylation sites is 1. The molecule has 152 valence electrons. The molecule has 1 aromatic carbocycles. The van der Waals surface area contributed by atoms with E-state index in [4.69, 9.17) is 9.15 Å². The third kappa shape index (κ3) is 3.93. The Morgan fingerprint density at radius 3 is 2.79 bits per heavy atom. The lowest BCUT2D eigenvalue weighted by Gasteiger charge is -2.37. The van der Waals surface area contributed by atoms with E-state index in [1.54, 1.807) is 13.2 Å². The Morgan fingerprint density at radius 1 is 1.17 bits per heavy atom. The standard InChI is InChI=1S/C23H27N3O3/c1-16(2)24-23(27)21-11-10-17(29-21)15-26-14-13-25-12-6-8-19(25)22(26)18-7-4-5-9-20(18)28-3/h4-12,16,22H,13-15H2,1-3H3,(H,24,27). The lowest BCUT2D eigenvalue weighted by atomic mass is 9.98. The average Bonchev–Trinajstić information content (AvgIpc) is 3.37. The molecule has 1 amide bonds. The Labute approximate surface area is 171 Å². The Balaban J connectivity index is 1.63. The lowest BCUT2D eigenvalue weighted by Crippen LogP contribution is -2.38. The minimum absolute atomic E-state index is 0.0490. The zero-order chi connectivity index (χ0) is 20.4. The van der Waals surface area contributed by atoms with Gasteiger partial charge in [0.1, 0.15) is 11.5 Å². The maximum absolute atomic E-state index is 12.2. The van der Waals surface area contributed by atoms with Crippen LogP contribution in [-0.4, -0.2) is 35.1 Å². The van der Waals surface area contributed by atoms with Crippen molar-refractivity contribution in [1.29, 1.82) is 0 Å². The third-order valence-electron chi connectivity index (χ3n) is 5.24. The van der Waals surface area contributed by atoms with Gasteiger partial charge in [0, 0.05) is 36.6 Å². The largest absolute Gasteiger partial charge is 0.496 e. The number of carbonyl (C=O) groups is 1. The molecule has 2 aromatic heterocycles. The zero-order valence-corrected chi connectivity index (χ0v) is 17.1. The molecule has 3 heterocycles. The van der Waals surface area contributed by atoms with Crippen LogP contribution in [0.5, 0.6) is 5.75 Å². The minimum atomic E-state index is -0.181. The summed E-state index contributed by atoms with van der Waals surface area (Å²) in [5, 5.41) is 2.87. The highest BCUT2D eigenvalue weighted by atomic mass is 16.5. The Kier molecular flexibility index (Phi) is 5.45. The summed E-state index contributed by atoms with van der Waals surface area (Å²) in [5.74, 6) is 1.82. The number of rotatable bonds is 6. The van der Waals surface area contributed by atoms with Crippen molar-refractivity contribution in [2.75, 3.05) is 13.7 Å². The molecule has 29 heavy (non-hydrogen) atoms. The second kappa shape index (κ2) is 8.17. The summed E-state index contributed by atoms with van der Waals surface area (Å²) in [4.78, 5) is 14.6. The molecule has 0 saturated carbocycles. The van der Waals surface area contributed by atoms with Crippen molar-refractivity contribution in [2.24, 2.45) is 0 Å². The Bertz CT molecular complexity index is 989. The third-order valence-corrected chi connectivity index (χ3v) is 5.24. The van der Waals surface area contributed by atoms with Gasteiger partial charge in [0.25, 0.3) is 5.91 Å². The molecule has 0 saturated heterocycles. The number of fused-ring (bicyclic) bond motifs is 1. The molecule has 0 aliphatic carbocycles. The van der Waals surface area contributed by atoms with Crippen LogP contribution in [0.2, 0.25) is 0 Å². The number of nitrogens with zero attached hydrogens (tertiary/aromatic N) is 2. The topological polar surface area (TPSA) is 59.6 Å². The first-order valence-electron chi connectivity index (χ1n) is 9.98. The molecular weight excluding hydrogens is 366 g/mol. The number of nitrogens with one attached hydrogen (secondary N) is 1. The van der Waals surface area contributed by atoms with Crippen LogP contribution >= 0.6 is 0 Å². The lowest BCUT2D eigenvalue weighted by molar-refractivity contribution is 0.0908. The van der Waals surface area contributed by atoms with Crippen molar-refractivity contribution in [3.63, 3.8) is 0 Å². The fourth-order valence-corrected chi connectivity index (χ4v) is 3.97. The summed E-state index contributed by atoms with van der Waals surface area (Å²) in [6, 6.07) is 16.1. The molecule has 0 bridgehead atoms. The smallest absolute Gasteiger partial charge is 0.287 e. The van der Waals surface area contributed by atoms with E-state index in [9.17, 15) is 4.79 Å². The van der Waals surface area contributed by atoms with Crippen LogP contribution in [0.1, 0.15) is 47.5 Å². The van der Waals surface area contributed by atoms with Gasteiger partial charge in [-0.1, -0.05) is 18.2 Å². The normalized spacial score (nSPS) is 16.6. The van der Waals surface area contributed by atoms with Crippen LogP contribution < -0.4 is 10.1 Å². The first kappa shape index (κ1) is 19.3. The van der Waals surface area contributed by atoms with Gasteiger partial charge in [-0.05, 0) is 44.2 Å². The number of methoxy groups -OCH3 is 1. The van der Waals surface area contributed by atoms with Crippen LogP contribution in [0.15, 0.2) is 59.1 Å². The number of benzene rings is 1. The summed E-state index contributed by atoms with van der Waals surface area (Å²) in [6.07, 6.45) is 2.12. The summed E-state index contributed by atoms with van der Waals surface area (Å²) < 4.78 is 13.8. The van der Waals surface area contributed by atoms with Gasteiger partial charge in [0.05, 0.1) is 19.7 Å². The number of hydrogen-bond donors (Lipinski definition) is 1. The molecule has 0 spiro atoms. The second-order valence-electron chi connectivity index (χ2n) is 7.64. The van der Waals surface area contributed by atoms with Crippen molar-refractivity contribution >= 4 is 5.91 Å². The Morgan fingerprint density at radius 2 is 2.00 bits per heavy atom. The summed E-state index contributed by atoms with van der Waals surface area (Å²) in [6.45, 7) is 6.27. The highest BCUT2D eigenvalue weighted by Crippen LogP contribution is 2.38. The molecule has 0 radical (unpaired) electrons. The molecule has 6 heteroatoms. The van der Waals surface area contributed by atoms with E-state index < -0.39 is 0 Å². The summed E-state index contributed by atoms with van der Waals surface area (Å²) in [7, 11) is 1.71. The molecule has 3 aromatic rings. The highest BCUT2D eigenvalue weighted by molar-refractivity contribution is 5.91. The molecule has 1 unspecified atom stereocenters. The van der Waals surface area contributed by atoms with Gasteiger partial charge in [0.2, 0.25) is 0 Å². The van der Waals surface area contributed by atoms with E-state index in [0.717, 1.165) is 30.2 Å². The second-order valence-corrected chi connectivity index (χ2v) is 7.64. The fourth-order valence-electron chi connectivity index (χ4n) is 3.97. The van der Waals surface area contributed by atoms with Crippen LogP contribution in [-0.2, 0) is 13.1 Å². The van der Waals surface area contributed by atoms with Crippen molar-refractivity contribution in [1.82, 2.24) is 14.8 Å². The van der Waals surface area contributed by atoms with Crippen molar-refractivity contribution in [2.45, 2.75) is 39.0 Å². The molecule has 1 aliphatic rings. The van der Waals surface area contributed by atoms with Crippen LogP contribution in [0, 0.1) is 0 Å². The Hall–Kier alpha value is -2.99. The van der Waals surface area contributed by atoms with E-state index in [2.05, 4.69) is 39.2 Å². The molecule has 1 atom stereocenters.